The van der Waals surface area contributed by atoms with Gasteiger partial charge in [-0.3, -0.25) is 0 Å². The van der Waals surface area contributed by atoms with Crippen LogP contribution in [0.5, 0.6) is 0 Å². The first-order chi connectivity index (χ1) is 5.20. The standard InChI is InChI=1S/C4H2BO6/c6-3-1-2(4(7)8)9-5-11-10-3/h1H,(H,7,8). The second kappa shape index (κ2) is 3.06. The van der Waals surface area contributed by atoms with Crippen LogP contribution < -0.4 is 0 Å². The predicted molar refractivity (Wildman–Crippen MR) is 29.7 cm³/mol. The summed E-state index contributed by atoms with van der Waals surface area (Å²) < 4.78 is 4.30. The largest absolute Gasteiger partial charge is 0.618 e. The van der Waals surface area contributed by atoms with E-state index in [2.05, 4.69) is 14.3 Å². The van der Waals surface area contributed by atoms with E-state index in [1.807, 2.05) is 0 Å². The minimum absolute atomic E-state index is 0.549. The van der Waals surface area contributed by atoms with Crippen molar-refractivity contribution >= 4 is 19.6 Å². The number of aliphatic carboxylic acids is 1. The van der Waals surface area contributed by atoms with Crippen LogP contribution >= 0.6 is 0 Å². The monoisotopic (exact) mass is 157 g/mol. The van der Waals surface area contributed by atoms with Gasteiger partial charge in [-0.25, -0.2) is 9.59 Å². The Bertz CT molecular complexity index is 221. The Hall–Kier alpha value is -1.50. The molecule has 0 saturated carbocycles. The fraction of sp³-hybridized carbons (Fsp3) is 0. The summed E-state index contributed by atoms with van der Waals surface area (Å²) in [5, 5.41) is 8.30. The molecule has 7 heteroatoms. The number of hydrogen-bond donors (Lipinski definition) is 1. The Morgan fingerprint density at radius 2 is 2.36 bits per heavy atom. The van der Waals surface area contributed by atoms with Crippen molar-refractivity contribution < 1.29 is 29.0 Å². The zero-order valence-electron chi connectivity index (χ0n) is 5.14. The summed E-state index contributed by atoms with van der Waals surface area (Å²) in [6, 6.07) is 0. The highest BCUT2D eigenvalue weighted by molar-refractivity contribution is 6.20. The van der Waals surface area contributed by atoms with E-state index >= 15 is 0 Å². The molecule has 0 saturated heterocycles. The first-order valence-electron chi connectivity index (χ1n) is 2.51. The number of carbonyl (C=O) groups excluding carboxylic acids is 1. The van der Waals surface area contributed by atoms with Gasteiger partial charge in [0.25, 0.3) is 0 Å². The molecule has 0 fully saturated rings. The third-order valence-corrected chi connectivity index (χ3v) is 0.804. The molecule has 1 aliphatic rings. The zero-order chi connectivity index (χ0) is 8.27. The van der Waals surface area contributed by atoms with Crippen molar-refractivity contribution in [2.45, 2.75) is 0 Å². The van der Waals surface area contributed by atoms with E-state index < -0.39 is 17.7 Å². The Morgan fingerprint density at radius 1 is 1.64 bits per heavy atom. The summed E-state index contributed by atoms with van der Waals surface area (Å²) in [5.41, 5.74) is 0. The maximum atomic E-state index is 10.4. The first-order valence-corrected chi connectivity index (χ1v) is 2.51. The van der Waals surface area contributed by atoms with Gasteiger partial charge in [-0.15, -0.1) is 0 Å². The molecule has 6 nitrogen and oxygen atoms in total. The molecule has 0 amide bonds. The third kappa shape index (κ3) is 1.97. The van der Waals surface area contributed by atoms with Crippen molar-refractivity contribution in [2.24, 2.45) is 0 Å². The number of carboxylic acid groups (broad SMARTS) is 1. The summed E-state index contributed by atoms with van der Waals surface area (Å²) in [6.45, 7) is 0. The van der Waals surface area contributed by atoms with Crippen LogP contribution in [0, 0.1) is 0 Å². The zero-order valence-corrected chi connectivity index (χ0v) is 5.14. The van der Waals surface area contributed by atoms with Crippen LogP contribution in [0.4, 0.5) is 0 Å². The van der Waals surface area contributed by atoms with E-state index in [0.29, 0.717) is 13.8 Å². The molecule has 1 N–H and O–H groups in total. The molecule has 0 aliphatic carbocycles. The van der Waals surface area contributed by atoms with Gasteiger partial charge >= 0.3 is 19.6 Å². The predicted octanol–water partition coefficient (Wildman–Crippen LogP) is -1.01. The minimum atomic E-state index is -1.37. The van der Waals surface area contributed by atoms with Gasteiger partial charge in [-0.1, -0.05) is 0 Å². The lowest BCUT2D eigenvalue weighted by molar-refractivity contribution is -0.210. The molecule has 0 aromatic heterocycles. The molecule has 1 radical (unpaired) electrons. The fourth-order valence-electron chi connectivity index (χ4n) is 0.416. The molecule has 0 spiro atoms. The van der Waals surface area contributed by atoms with Gasteiger partial charge in [0, 0.05) is 0 Å². The van der Waals surface area contributed by atoms with Gasteiger partial charge in [0.05, 0.1) is 6.08 Å². The Balaban J connectivity index is 2.75. The average molecular weight is 157 g/mol. The van der Waals surface area contributed by atoms with Gasteiger partial charge in [0.1, 0.15) is 0 Å². The normalized spacial score (nSPS) is 16.7. The molecule has 0 unspecified atom stereocenters. The molecule has 0 aromatic rings. The van der Waals surface area contributed by atoms with Gasteiger partial charge in [-0.05, 0) is 0 Å². The van der Waals surface area contributed by atoms with E-state index in [-0.39, 0.29) is 0 Å². The average Bonchev–Trinajstić information content (AvgIpc) is 2.13. The molecular formula is C4H2BO6. The number of carboxylic acids is 1. The Labute approximate surface area is 61.6 Å². The Morgan fingerprint density at radius 3 is 3.00 bits per heavy atom. The lowest BCUT2D eigenvalue weighted by atomic mass is 10.3. The summed E-state index contributed by atoms with van der Waals surface area (Å²) in [5.74, 6) is -2.85. The van der Waals surface area contributed by atoms with E-state index in [1.54, 1.807) is 0 Å². The van der Waals surface area contributed by atoms with Crippen LogP contribution in [0.15, 0.2) is 11.8 Å². The number of rotatable bonds is 1. The minimum Gasteiger partial charge on any atom is -0.530 e. The van der Waals surface area contributed by atoms with Crippen molar-refractivity contribution in [1.29, 1.82) is 0 Å². The second-order valence-corrected chi connectivity index (χ2v) is 1.53. The number of carbonyl (C=O) groups is 2. The van der Waals surface area contributed by atoms with Gasteiger partial charge < -0.3 is 14.6 Å². The van der Waals surface area contributed by atoms with Gasteiger partial charge in [0.15, 0.2) is 5.76 Å². The van der Waals surface area contributed by atoms with E-state index in [4.69, 9.17) is 5.11 Å². The van der Waals surface area contributed by atoms with E-state index in [1.165, 1.54) is 0 Å². The maximum absolute atomic E-state index is 10.4. The van der Waals surface area contributed by atoms with Crippen LogP contribution in [0.1, 0.15) is 0 Å². The maximum Gasteiger partial charge on any atom is 0.618 e. The van der Waals surface area contributed by atoms with Crippen LogP contribution in [0.2, 0.25) is 0 Å². The smallest absolute Gasteiger partial charge is 0.530 e. The molecule has 57 valence electrons. The van der Waals surface area contributed by atoms with Crippen LogP contribution in [-0.2, 0) is 23.9 Å². The van der Waals surface area contributed by atoms with Crippen molar-refractivity contribution in [3.63, 3.8) is 0 Å². The SMILES string of the molecule is O=C1C=C(C(=O)O)O[B]OO1. The highest BCUT2D eigenvalue weighted by atomic mass is 17.2. The summed E-state index contributed by atoms with van der Waals surface area (Å²) >= 11 is 0. The Kier molecular flexibility index (Phi) is 2.12. The van der Waals surface area contributed by atoms with Gasteiger partial charge in [-0.2, -0.15) is 4.81 Å². The molecule has 1 heterocycles. The summed E-state index contributed by atoms with van der Waals surface area (Å²) in [7, 11) is 0.602. The lowest BCUT2D eigenvalue weighted by Gasteiger charge is -1.96. The van der Waals surface area contributed by atoms with Crippen molar-refractivity contribution in [2.75, 3.05) is 0 Å². The highest BCUT2D eigenvalue weighted by Crippen LogP contribution is 2.01. The lowest BCUT2D eigenvalue weighted by Crippen LogP contribution is -2.07. The number of hydrogen-bond acceptors (Lipinski definition) is 5. The topological polar surface area (TPSA) is 82.1 Å². The molecule has 1 rings (SSSR count). The van der Waals surface area contributed by atoms with Crippen molar-refractivity contribution in [3.8, 4) is 0 Å². The van der Waals surface area contributed by atoms with Gasteiger partial charge in [0.2, 0.25) is 0 Å². The third-order valence-electron chi connectivity index (χ3n) is 0.804. The molecule has 1 aliphatic heterocycles. The fourth-order valence-corrected chi connectivity index (χ4v) is 0.416. The summed E-state index contributed by atoms with van der Waals surface area (Å²) in [4.78, 5) is 28.5. The second-order valence-electron chi connectivity index (χ2n) is 1.53. The molecule has 0 atom stereocenters. The van der Waals surface area contributed by atoms with Crippen LogP contribution in [-0.4, -0.2) is 24.7 Å². The van der Waals surface area contributed by atoms with Crippen LogP contribution in [0.3, 0.4) is 0 Å². The van der Waals surface area contributed by atoms with E-state index in [0.717, 1.165) is 0 Å². The molecule has 0 bridgehead atoms. The summed E-state index contributed by atoms with van der Waals surface area (Å²) in [6.07, 6.45) is 0.659. The first kappa shape index (κ1) is 7.61. The quantitative estimate of drug-likeness (QED) is 0.388. The molecule has 0 aromatic carbocycles. The molecular weight excluding hydrogens is 155 g/mol. The van der Waals surface area contributed by atoms with Crippen molar-refractivity contribution in [3.05, 3.63) is 11.8 Å². The van der Waals surface area contributed by atoms with E-state index in [9.17, 15) is 9.59 Å². The van der Waals surface area contributed by atoms with Crippen LogP contribution in [0.25, 0.3) is 0 Å². The molecule has 11 heavy (non-hydrogen) atoms. The highest BCUT2D eigenvalue weighted by Gasteiger charge is 2.18. The van der Waals surface area contributed by atoms with Crippen molar-refractivity contribution in [1.82, 2.24) is 0 Å².